The monoisotopic (exact) mass is 266 g/mol. The van der Waals surface area contributed by atoms with Crippen LogP contribution in [0.1, 0.15) is 18.5 Å². The van der Waals surface area contributed by atoms with Crippen LogP contribution in [-0.4, -0.2) is 53.6 Å². The molecule has 1 aromatic carbocycles. The fraction of sp³-hybridized carbons (Fsp3) is 0.571. The first-order valence-electron chi connectivity index (χ1n) is 6.52. The minimum Gasteiger partial charge on any atom is -0.497 e. The second kappa shape index (κ2) is 5.88. The quantitative estimate of drug-likeness (QED) is 0.721. The molecule has 1 saturated heterocycles. The normalized spacial score (nSPS) is 27.2. The summed E-state index contributed by atoms with van der Waals surface area (Å²) in [6, 6.07) is 7.64. The molecule has 5 heteroatoms. The van der Waals surface area contributed by atoms with Crippen molar-refractivity contribution in [3.05, 3.63) is 29.8 Å². The van der Waals surface area contributed by atoms with E-state index in [9.17, 15) is 10.2 Å². The van der Waals surface area contributed by atoms with E-state index in [1.165, 1.54) is 0 Å². The van der Waals surface area contributed by atoms with Crippen molar-refractivity contribution < 1.29 is 14.9 Å². The van der Waals surface area contributed by atoms with Gasteiger partial charge in [0.15, 0.2) is 0 Å². The number of ether oxygens (including phenoxy) is 1. The van der Waals surface area contributed by atoms with E-state index in [4.69, 9.17) is 10.5 Å². The fourth-order valence-corrected chi connectivity index (χ4v) is 2.67. The number of rotatable bonds is 4. The van der Waals surface area contributed by atoms with Crippen LogP contribution < -0.4 is 10.5 Å². The lowest BCUT2D eigenvalue weighted by molar-refractivity contribution is 0.0572. The molecule has 0 spiro atoms. The standard InChI is InChI=1S/C14H22N2O3/c1-9(15)14(16-7-12(17)13(18)8-16)10-3-5-11(19-2)6-4-10/h3-6,9,12-14,17-18H,7-8,15H2,1-2H3. The maximum absolute atomic E-state index is 9.68. The summed E-state index contributed by atoms with van der Waals surface area (Å²) in [7, 11) is 1.63. The Balaban J connectivity index is 2.20. The van der Waals surface area contributed by atoms with E-state index in [1.54, 1.807) is 7.11 Å². The number of methoxy groups -OCH3 is 1. The highest BCUT2D eigenvalue weighted by Crippen LogP contribution is 2.28. The van der Waals surface area contributed by atoms with Gasteiger partial charge in [0.25, 0.3) is 0 Å². The number of aliphatic hydroxyl groups excluding tert-OH is 2. The summed E-state index contributed by atoms with van der Waals surface area (Å²) < 4.78 is 5.14. The fourth-order valence-electron chi connectivity index (χ4n) is 2.67. The van der Waals surface area contributed by atoms with Gasteiger partial charge in [0.05, 0.1) is 19.3 Å². The minimum absolute atomic E-state index is 0.0160. The zero-order valence-corrected chi connectivity index (χ0v) is 11.4. The highest BCUT2D eigenvalue weighted by molar-refractivity contribution is 5.30. The average Bonchev–Trinajstić information content (AvgIpc) is 2.70. The molecule has 1 aromatic rings. The molecule has 0 saturated carbocycles. The molecule has 0 amide bonds. The Morgan fingerprint density at radius 1 is 1.21 bits per heavy atom. The van der Waals surface area contributed by atoms with E-state index in [2.05, 4.69) is 0 Å². The van der Waals surface area contributed by atoms with Gasteiger partial charge in [-0.1, -0.05) is 12.1 Å². The van der Waals surface area contributed by atoms with Gasteiger partial charge in [-0.2, -0.15) is 0 Å². The summed E-state index contributed by atoms with van der Waals surface area (Å²) in [6.45, 7) is 2.82. The van der Waals surface area contributed by atoms with Gasteiger partial charge in [-0.05, 0) is 24.6 Å². The summed E-state index contributed by atoms with van der Waals surface area (Å²) >= 11 is 0. The van der Waals surface area contributed by atoms with Crippen LogP contribution in [-0.2, 0) is 0 Å². The number of hydrogen-bond acceptors (Lipinski definition) is 5. The van der Waals surface area contributed by atoms with Crippen LogP contribution in [0.3, 0.4) is 0 Å². The third-order valence-electron chi connectivity index (χ3n) is 3.64. The molecule has 4 N–H and O–H groups in total. The summed E-state index contributed by atoms with van der Waals surface area (Å²) in [6.07, 6.45) is -1.39. The van der Waals surface area contributed by atoms with Gasteiger partial charge >= 0.3 is 0 Å². The number of nitrogens with two attached hydrogens (primary N) is 1. The number of nitrogens with zero attached hydrogens (tertiary/aromatic N) is 1. The molecule has 1 aliphatic rings. The summed E-state index contributed by atoms with van der Waals surface area (Å²) in [5.41, 5.74) is 7.14. The van der Waals surface area contributed by atoms with Crippen molar-refractivity contribution in [3.63, 3.8) is 0 Å². The smallest absolute Gasteiger partial charge is 0.118 e. The van der Waals surface area contributed by atoms with Crippen molar-refractivity contribution in [1.82, 2.24) is 4.90 Å². The van der Waals surface area contributed by atoms with E-state index in [0.717, 1.165) is 11.3 Å². The molecule has 106 valence electrons. The Hall–Kier alpha value is -1.14. The van der Waals surface area contributed by atoms with Crippen LogP contribution in [0.2, 0.25) is 0 Å². The predicted molar refractivity (Wildman–Crippen MR) is 73.0 cm³/mol. The SMILES string of the molecule is COc1ccc(C(C(C)N)N2CC(O)C(O)C2)cc1. The lowest BCUT2D eigenvalue weighted by Crippen LogP contribution is -2.39. The largest absolute Gasteiger partial charge is 0.497 e. The van der Waals surface area contributed by atoms with Gasteiger partial charge < -0.3 is 20.7 Å². The molecular formula is C14H22N2O3. The summed E-state index contributed by atoms with van der Waals surface area (Å²) in [5, 5.41) is 19.4. The van der Waals surface area contributed by atoms with Crippen molar-refractivity contribution in [2.24, 2.45) is 5.73 Å². The van der Waals surface area contributed by atoms with Gasteiger partial charge in [-0.15, -0.1) is 0 Å². The van der Waals surface area contributed by atoms with E-state index in [1.807, 2.05) is 36.1 Å². The number of benzene rings is 1. The molecule has 1 heterocycles. The van der Waals surface area contributed by atoms with Crippen LogP contribution >= 0.6 is 0 Å². The second-order valence-corrected chi connectivity index (χ2v) is 5.17. The first-order valence-corrected chi connectivity index (χ1v) is 6.52. The van der Waals surface area contributed by atoms with Crippen LogP contribution in [0, 0.1) is 0 Å². The molecule has 1 fully saturated rings. The minimum atomic E-state index is -0.695. The zero-order chi connectivity index (χ0) is 14.0. The number of aliphatic hydroxyl groups is 2. The maximum atomic E-state index is 9.68. The topological polar surface area (TPSA) is 79.0 Å². The summed E-state index contributed by atoms with van der Waals surface area (Å²) in [5.74, 6) is 0.800. The van der Waals surface area contributed by atoms with Gasteiger partial charge in [-0.25, -0.2) is 0 Å². The van der Waals surface area contributed by atoms with E-state index in [-0.39, 0.29) is 12.1 Å². The highest BCUT2D eigenvalue weighted by Gasteiger charge is 2.35. The Kier molecular flexibility index (Phi) is 4.42. The number of hydrogen-bond donors (Lipinski definition) is 3. The Morgan fingerprint density at radius 3 is 2.16 bits per heavy atom. The molecule has 4 unspecified atom stereocenters. The van der Waals surface area contributed by atoms with Gasteiger partial charge in [0.2, 0.25) is 0 Å². The van der Waals surface area contributed by atoms with Crippen LogP contribution in [0.15, 0.2) is 24.3 Å². The predicted octanol–water partition coefficient (Wildman–Crippen LogP) is 0.121. The first-order chi connectivity index (χ1) is 9.02. The molecule has 4 atom stereocenters. The molecular weight excluding hydrogens is 244 g/mol. The molecule has 0 bridgehead atoms. The number of likely N-dealkylation sites (tertiary alicyclic amines) is 1. The van der Waals surface area contributed by atoms with Crippen molar-refractivity contribution in [2.75, 3.05) is 20.2 Å². The Bertz CT molecular complexity index is 398. The van der Waals surface area contributed by atoms with Gasteiger partial charge in [-0.3, -0.25) is 4.90 Å². The first kappa shape index (κ1) is 14.3. The highest BCUT2D eigenvalue weighted by atomic mass is 16.5. The van der Waals surface area contributed by atoms with Crippen molar-refractivity contribution in [2.45, 2.75) is 31.2 Å². The van der Waals surface area contributed by atoms with Crippen LogP contribution in [0.5, 0.6) is 5.75 Å². The molecule has 1 aliphatic heterocycles. The van der Waals surface area contributed by atoms with Crippen LogP contribution in [0.25, 0.3) is 0 Å². The lowest BCUT2D eigenvalue weighted by Gasteiger charge is -2.31. The van der Waals surface area contributed by atoms with E-state index in [0.29, 0.717) is 13.1 Å². The lowest BCUT2D eigenvalue weighted by atomic mass is 9.99. The second-order valence-electron chi connectivity index (χ2n) is 5.17. The molecule has 5 nitrogen and oxygen atoms in total. The Labute approximate surface area is 113 Å². The van der Waals surface area contributed by atoms with Gasteiger partial charge in [0.1, 0.15) is 5.75 Å². The van der Waals surface area contributed by atoms with Crippen molar-refractivity contribution >= 4 is 0 Å². The molecule has 0 aliphatic carbocycles. The summed E-state index contributed by atoms with van der Waals surface area (Å²) in [4.78, 5) is 2.03. The Morgan fingerprint density at radius 2 is 1.74 bits per heavy atom. The molecule has 2 rings (SSSR count). The molecule has 19 heavy (non-hydrogen) atoms. The third kappa shape index (κ3) is 3.06. The molecule has 0 radical (unpaired) electrons. The van der Waals surface area contributed by atoms with Crippen molar-refractivity contribution in [3.8, 4) is 5.75 Å². The van der Waals surface area contributed by atoms with E-state index >= 15 is 0 Å². The van der Waals surface area contributed by atoms with E-state index < -0.39 is 12.2 Å². The van der Waals surface area contributed by atoms with Gasteiger partial charge in [0, 0.05) is 25.2 Å². The number of β-amino-alcohol motifs (C(OH)–C–C–N with tert-alkyl or cyclic N) is 2. The third-order valence-corrected chi connectivity index (χ3v) is 3.64. The average molecular weight is 266 g/mol. The zero-order valence-electron chi connectivity index (χ0n) is 11.4. The maximum Gasteiger partial charge on any atom is 0.118 e. The van der Waals surface area contributed by atoms with Crippen molar-refractivity contribution in [1.29, 1.82) is 0 Å². The molecule has 0 aromatic heterocycles. The van der Waals surface area contributed by atoms with Crippen LogP contribution in [0.4, 0.5) is 0 Å².